The highest BCUT2D eigenvalue weighted by Crippen LogP contribution is 2.48. The number of hydrogen-bond acceptors (Lipinski definition) is 2. The van der Waals surface area contributed by atoms with E-state index in [-0.39, 0.29) is 11.5 Å². The van der Waals surface area contributed by atoms with E-state index in [9.17, 15) is 0 Å². The summed E-state index contributed by atoms with van der Waals surface area (Å²) in [5.41, 5.74) is 8.48. The molecule has 15 heavy (non-hydrogen) atoms. The van der Waals surface area contributed by atoms with Crippen LogP contribution in [0.1, 0.15) is 37.4 Å². The van der Waals surface area contributed by atoms with Crippen LogP contribution >= 0.6 is 11.6 Å². The molecule has 1 aromatic rings. The van der Waals surface area contributed by atoms with Gasteiger partial charge in [0.05, 0.1) is 7.11 Å². The van der Waals surface area contributed by atoms with E-state index in [1.54, 1.807) is 7.11 Å². The molecule has 3 heteroatoms. The topological polar surface area (TPSA) is 35.2 Å². The lowest BCUT2D eigenvalue weighted by atomic mass is 9.86. The van der Waals surface area contributed by atoms with Crippen LogP contribution in [0.25, 0.3) is 0 Å². The molecule has 0 saturated heterocycles. The molecule has 2 N–H and O–H groups in total. The minimum Gasteiger partial charge on any atom is -0.497 e. The van der Waals surface area contributed by atoms with E-state index in [1.165, 1.54) is 5.56 Å². The lowest BCUT2D eigenvalue weighted by Crippen LogP contribution is -2.14. The Bertz CT molecular complexity index is 401. The number of hydrogen-bond donors (Lipinski definition) is 1. The predicted octanol–water partition coefficient (Wildman–Crippen LogP) is 3.03. The predicted molar refractivity (Wildman–Crippen MR) is 62.6 cm³/mol. The fourth-order valence-electron chi connectivity index (χ4n) is 2.49. The van der Waals surface area contributed by atoms with E-state index in [2.05, 4.69) is 13.8 Å². The van der Waals surface area contributed by atoms with E-state index in [1.807, 2.05) is 12.1 Å². The first kappa shape index (κ1) is 10.8. The quantitative estimate of drug-likeness (QED) is 0.798. The summed E-state index contributed by atoms with van der Waals surface area (Å²) >= 11 is 6.27. The maximum atomic E-state index is 6.27. The second-order valence-corrected chi connectivity index (χ2v) is 5.18. The van der Waals surface area contributed by atoms with Crippen molar-refractivity contribution in [2.75, 3.05) is 7.11 Å². The van der Waals surface area contributed by atoms with Gasteiger partial charge in [0.15, 0.2) is 0 Å². The largest absolute Gasteiger partial charge is 0.497 e. The van der Waals surface area contributed by atoms with Gasteiger partial charge in [-0.05, 0) is 35.1 Å². The van der Waals surface area contributed by atoms with Gasteiger partial charge in [0.1, 0.15) is 5.75 Å². The van der Waals surface area contributed by atoms with Gasteiger partial charge in [-0.25, -0.2) is 0 Å². The van der Waals surface area contributed by atoms with E-state index in [0.717, 1.165) is 22.8 Å². The Morgan fingerprint density at radius 2 is 2.13 bits per heavy atom. The van der Waals surface area contributed by atoms with Crippen molar-refractivity contribution in [3.05, 3.63) is 28.3 Å². The van der Waals surface area contributed by atoms with Crippen molar-refractivity contribution in [2.45, 2.75) is 31.7 Å². The molecule has 0 aromatic heterocycles. The highest BCUT2D eigenvalue weighted by Gasteiger charge is 2.37. The number of methoxy groups -OCH3 is 1. The third-order valence-corrected chi connectivity index (χ3v) is 3.43. The zero-order valence-corrected chi connectivity index (χ0v) is 10.1. The van der Waals surface area contributed by atoms with E-state index in [0.29, 0.717) is 0 Å². The lowest BCUT2D eigenvalue weighted by Gasteiger charge is -2.20. The van der Waals surface area contributed by atoms with Crippen molar-refractivity contribution in [1.29, 1.82) is 0 Å². The van der Waals surface area contributed by atoms with Crippen LogP contribution in [0.3, 0.4) is 0 Å². The van der Waals surface area contributed by atoms with Crippen LogP contribution in [0.4, 0.5) is 0 Å². The Morgan fingerprint density at radius 3 is 2.73 bits per heavy atom. The molecular weight excluding hydrogens is 210 g/mol. The second kappa shape index (κ2) is 3.39. The smallest absolute Gasteiger partial charge is 0.120 e. The average molecular weight is 226 g/mol. The molecule has 1 aromatic carbocycles. The van der Waals surface area contributed by atoms with Crippen molar-refractivity contribution >= 4 is 11.6 Å². The van der Waals surface area contributed by atoms with Gasteiger partial charge in [-0.15, -0.1) is 0 Å². The molecule has 2 nitrogen and oxygen atoms in total. The normalized spacial score (nSPS) is 22.6. The fourth-order valence-corrected chi connectivity index (χ4v) is 2.96. The molecular formula is C12H16ClNO. The summed E-state index contributed by atoms with van der Waals surface area (Å²) < 4.78 is 5.20. The molecule has 0 heterocycles. The molecule has 2 rings (SSSR count). The monoisotopic (exact) mass is 225 g/mol. The van der Waals surface area contributed by atoms with Crippen molar-refractivity contribution in [1.82, 2.24) is 0 Å². The summed E-state index contributed by atoms with van der Waals surface area (Å²) in [6, 6.07) is 3.93. The van der Waals surface area contributed by atoms with Gasteiger partial charge in [0, 0.05) is 11.1 Å². The first-order chi connectivity index (χ1) is 6.95. The second-order valence-electron chi connectivity index (χ2n) is 4.77. The van der Waals surface area contributed by atoms with Crippen molar-refractivity contribution in [3.8, 4) is 5.75 Å². The highest BCUT2D eigenvalue weighted by atomic mass is 35.5. The Kier molecular flexibility index (Phi) is 2.44. The summed E-state index contributed by atoms with van der Waals surface area (Å²) in [4.78, 5) is 0. The maximum absolute atomic E-state index is 6.27. The Morgan fingerprint density at radius 1 is 1.47 bits per heavy atom. The lowest BCUT2D eigenvalue weighted by molar-refractivity contribution is 0.414. The number of nitrogens with two attached hydrogens (primary N) is 1. The molecule has 1 aliphatic rings. The fraction of sp³-hybridized carbons (Fsp3) is 0.500. The zero-order chi connectivity index (χ0) is 11.2. The van der Waals surface area contributed by atoms with E-state index < -0.39 is 0 Å². The summed E-state index contributed by atoms with van der Waals surface area (Å²) in [7, 11) is 1.64. The van der Waals surface area contributed by atoms with Crippen molar-refractivity contribution < 1.29 is 4.74 Å². The number of halogens is 1. The van der Waals surface area contributed by atoms with Gasteiger partial charge < -0.3 is 10.5 Å². The molecule has 0 saturated carbocycles. The number of benzene rings is 1. The first-order valence-electron chi connectivity index (χ1n) is 5.09. The summed E-state index contributed by atoms with van der Waals surface area (Å²) in [5, 5.41) is 0.766. The van der Waals surface area contributed by atoms with Gasteiger partial charge in [-0.3, -0.25) is 0 Å². The molecule has 82 valence electrons. The van der Waals surface area contributed by atoms with Crippen LogP contribution in [0, 0.1) is 0 Å². The minimum atomic E-state index is 0.0676. The van der Waals surface area contributed by atoms with E-state index in [4.69, 9.17) is 22.1 Å². The van der Waals surface area contributed by atoms with Crippen molar-refractivity contribution in [2.24, 2.45) is 5.73 Å². The maximum Gasteiger partial charge on any atom is 0.120 e. The van der Waals surface area contributed by atoms with Gasteiger partial charge in [-0.1, -0.05) is 25.4 Å². The number of ether oxygens (including phenoxy) is 1. The van der Waals surface area contributed by atoms with Crippen LogP contribution in [-0.4, -0.2) is 7.11 Å². The molecule has 1 aliphatic carbocycles. The van der Waals surface area contributed by atoms with Crippen LogP contribution in [0.15, 0.2) is 12.1 Å². The van der Waals surface area contributed by atoms with Gasteiger partial charge in [-0.2, -0.15) is 0 Å². The van der Waals surface area contributed by atoms with Gasteiger partial charge >= 0.3 is 0 Å². The van der Waals surface area contributed by atoms with Crippen LogP contribution in [-0.2, 0) is 5.41 Å². The average Bonchev–Trinajstić information content (AvgIpc) is 2.37. The summed E-state index contributed by atoms with van der Waals surface area (Å²) in [6.45, 7) is 4.36. The standard InChI is InChI=1S/C12H16ClNO/c1-12(2)6-10(14)8-4-7(15-3)5-9(13)11(8)12/h4-5,10H,6,14H2,1-3H3/t10-/m1/s1. The van der Waals surface area contributed by atoms with E-state index >= 15 is 0 Å². The molecule has 0 radical (unpaired) electrons. The number of rotatable bonds is 1. The summed E-state index contributed by atoms with van der Waals surface area (Å²) in [6.07, 6.45) is 0.940. The zero-order valence-electron chi connectivity index (χ0n) is 9.30. The Labute approximate surface area is 95.4 Å². The molecule has 0 fully saturated rings. The SMILES string of the molecule is COc1cc(Cl)c2c(c1)[C@H](N)CC2(C)C. The number of fused-ring (bicyclic) bond motifs is 1. The molecule has 0 spiro atoms. The summed E-state index contributed by atoms with van der Waals surface area (Å²) in [5.74, 6) is 0.784. The van der Waals surface area contributed by atoms with Gasteiger partial charge in [0.2, 0.25) is 0 Å². The molecule has 0 amide bonds. The van der Waals surface area contributed by atoms with Crippen LogP contribution in [0.5, 0.6) is 5.75 Å². The molecule has 0 aliphatic heterocycles. The minimum absolute atomic E-state index is 0.0676. The van der Waals surface area contributed by atoms with Crippen LogP contribution < -0.4 is 10.5 Å². The third kappa shape index (κ3) is 1.62. The Hall–Kier alpha value is -0.730. The first-order valence-corrected chi connectivity index (χ1v) is 5.47. The highest BCUT2D eigenvalue weighted by molar-refractivity contribution is 6.31. The molecule has 1 atom stereocenters. The molecule has 0 unspecified atom stereocenters. The van der Waals surface area contributed by atoms with Crippen molar-refractivity contribution in [3.63, 3.8) is 0 Å². The molecule has 0 bridgehead atoms. The Balaban J connectivity index is 2.63. The van der Waals surface area contributed by atoms with Crippen LogP contribution in [0.2, 0.25) is 5.02 Å². The third-order valence-electron chi connectivity index (χ3n) is 3.14. The van der Waals surface area contributed by atoms with Gasteiger partial charge in [0.25, 0.3) is 0 Å².